The van der Waals surface area contributed by atoms with E-state index in [1.54, 1.807) is 48.5 Å². The molecule has 4 amide bonds. The minimum atomic E-state index is -0.363. The van der Waals surface area contributed by atoms with Crippen molar-refractivity contribution < 1.29 is 19.1 Å². The van der Waals surface area contributed by atoms with Crippen LogP contribution < -0.4 is 26.0 Å². The molecule has 2 aromatic carbocycles. The van der Waals surface area contributed by atoms with Gasteiger partial charge in [0, 0.05) is 37.0 Å². The van der Waals surface area contributed by atoms with Crippen molar-refractivity contribution in [1.82, 2.24) is 10.6 Å². The Balaban J connectivity index is 1.69. The van der Waals surface area contributed by atoms with E-state index in [0.29, 0.717) is 23.5 Å². The van der Waals surface area contributed by atoms with Crippen molar-refractivity contribution in [2.45, 2.75) is 13.8 Å². The lowest BCUT2D eigenvalue weighted by atomic mass is 10.2. The van der Waals surface area contributed by atoms with Crippen LogP contribution in [-0.2, 0) is 4.79 Å². The Morgan fingerprint density at radius 2 is 1.39 bits per heavy atom. The van der Waals surface area contributed by atoms with Crippen LogP contribution in [0, 0.1) is 0 Å². The molecule has 0 aliphatic rings. The van der Waals surface area contributed by atoms with E-state index in [4.69, 9.17) is 4.74 Å². The van der Waals surface area contributed by atoms with E-state index >= 15 is 0 Å². The number of hydrogen-bond donors (Lipinski definition) is 4. The Kier molecular flexibility index (Phi) is 7.83. The SMILES string of the molecule is CCOc1ccc(NC(=O)NCCNC(=O)c2ccc(NC(C)=O)cc2)cc1. The van der Waals surface area contributed by atoms with Crippen molar-refractivity contribution in [3.05, 3.63) is 54.1 Å². The molecule has 2 rings (SSSR count). The highest BCUT2D eigenvalue weighted by molar-refractivity contribution is 5.95. The van der Waals surface area contributed by atoms with Crippen molar-refractivity contribution in [2.75, 3.05) is 30.3 Å². The standard InChI is InChI=1S/C20H24N4O4/c1-3-28-18-10-8-17(9-11-18)24-20(27)22-13-12-21-19(26)15-4-6-16(7-5-15)23-14(2)25/h4-11H,3,12-13H2,1-2H3,(H,21,26)(H,23,25)(H2,22,24,27). The van der Waals surface area contributed by atoms with Gasteiger partial charge in [0.2, 0.25) is 5.91 Å². The van der Waals surface area contributed by atoms with Gasteiger partial charge in [-0.1, -0.05) is 0 Å². The molecule has 8 nitrogen and oxygen atoms in total. The Labute approximate surface area is 163 Å². The molecular weight excluding hydrogens is 360 g/mol. The fourth-order valence-corrected chi connectivity index (χ4v) is 2.34. The molecule has 0 fully saturated rings. The smallest absolute Gasteiger partial charge is 0.319 e. The summed E-state index contributed by atoms with van der Waals surface area (Å²) in [5.41, 5.74) is 1.73. The van der Waals surface area contributed by atoms with Gasteiger partial charge < -0.3 is 26.0 Å². The summed E-state index contributed by atoms with van der Waals surface area (Å²) in [5, 5.41) is 10.7. The third-order valence-electron chi connectivity index (χ3n) is 3.59. The third kappa shape index (κ3) is 6.99. The summed E-state index contributed by atoms with van der Waals surface area (Å²) in [6.07, 6.45) is 0. The first-order chi connectivity index (χ1) is 13.5. The molecule has 0 atom stereocenters. The zero-order valence-corrected chi connectivity index (χ0v) is 15.9. The highest BCUT2D eigenvalue weighted by Crippen LogP contribution is 2.15. The van der Waals surface area contributed by atoms with E-state index in [2.05, 4.69) is 21.3 Å². The molecule has 0 radical (unpaired) electrons. The van der Waals surface area contributed by atoms with Crippen LogP contribution in [0.25, 0.3) is 0 Å². The van der Waals surface area contributed by atoms with Crippen LogP contribution in [0.3, 0.4) is 0 Å². The predicted octanol–water partition coefficient (Wildman–Crippen LogP) is 2.60. The second-order valence-corrected chi connectivity index (χ2v) is 5.85. The summed E-state index contributed by atoms with van der Waals surface area (Å²) in [5.74, 6) is 0.302. The molecule has 0 saturated carbocycles. The van der Waals surface area contributed by atoms with Crippen molar-refractivity contribution >= 4 is 29.2 Å². The number of amides is 4. The summed E-state index contributed by atoms with van der Waals surface area (Å²) in [4.78, 5) is 34.9. The number of urea groups is 1. The van der Waals surface area contributed by atoms with E-state index in [0.717, 1.165) is 5.75 Å². The molecule has 0 aliphatic carbocycles. The zero-order chi connectivity index (χ0) is 20.4. The predicted molar refractivity (Wildman–Crippen MR) is 108 cm³/mol. The van der Waals surface area contributed by atoms with Gasteiger partial charge in [0.25, 0.3) is 5.91 Å². The monoisotopic (exact) mass is 384 g/mol. The van der Waals surface area contributed by atoms with E-state index in [1.165, 1.54) is 6.92 Å². The molecule has 148 valence electrons. The highest BCUT2D eigenvalue weighted by atomic mass is 16.5. The van der Waals surface area contributed by atoms with Crippen LogP contribution in [0.15, 0.2) is 48.5 Å². The van der Waals surface area contributed by atoms with Gasteiger partial charge in [-0.05, 0) is 55.5 Å². The second kappa shape index (κ2) is 10.6. The van der Waals surface area contributed by atoms with Gasteiger partial charge in [-0.3, -0.25) is 9.59 Å². The molecule has 0 aromatic heterocycles. The number of benzene rings is 2. The van der Waals surface area contributed by atoms with E-state index in [1.807, 2.05) is 6.92 Å². The first kappa shape index (κ1) is 20.8. The Hall–Kier alpha value is -3.55. The number of nitrogens with one attached hydrogen (secondary N) is 4. The van der Waals surface area contributed by atoms with Gasteiger partial charge in [-0.2, -0.15) is 0 Å². The average molecular weight is 384 g/mol. The number of rotatable bonds is 8. The molecule has 0 saturated heterocycles. The van der Waals surface area contributed by atoms with Crippen molar-refractivity contribution in [3.63, 3.8) is 0 Å². The van der Waals surface area contributed by atoms with Crippen molar-refractivity contribution in [3.8, 4) is 5.75 Å². The number of carbonyl (C=O) groups is 3. The average Bonchev–Trinajstić information content (AvgIpc) is 2.67. The lowest BCUT2D eigenvalue weighted by Gasteiger charge is -2.10. The molecule has 8 heteroatoms. The summed E-state index contributed by atoms with van der Waals surface area (Å²) in [6, 6.07) is 13.2. The first-order valence-electron chi connectivity index (χ1n) is 8.91. The first-order valence-corrected chi connectivity index (χ1v) is 8.91. The molecule has 0 spiro atoms. The van der Waals surface area contributed by atoms with E-state index in [9.17, 15) is 14.4 Å². The molecule has 0 unspecified atom stereocenters. The lowest BCUT2D eigenvalue weighted by Crippen LogP contribution is -2.36. The van der Waals surface area contributed by atoms with E-state index < -0.39 is 0 Å². The normalized spacial score (nSPS) is 9.93. The number of anilines is 2. The van der Waals surface area contributed by atoms with Crippen LogP contribution in [0.5, 0.6) is 5.75 Å². The largest absolute Gasteiger partial charge is 0.494 e. The Morgan fingerprint density at radius 3 is 2.00 bits per heavy atom. The molecule has 0 aliphatic heterocycles. The minimum absolute atomic E-state index is 0.174. The molecule has 4 N–H and O–H groups in total. The Morgan fingerprint density at radius 1 is 0.821 bits per heavy atom. The molecule has 0 heterocycles. The summed E-state index contributed by atoms with van der Waals surface area (Å²) < 4.78 is 5.34. The number of carbonyl (C=O) groups excluding carboxylic acids is 3. The molecular formula is C20H24N4O4. The van der Waals surface area contributed by atoms with Gasteiger partial charge in [0.1, 0.15) is 5.75 Å². The fourth-order valence-electron chi connectivity index (χ4n) is 2.34. The van der Waals surface area contributed by atoms with Crippen LogP contribution in [0.2, 0.25) is 0 Å². The molecule has 0 bridgehead atoms. The van der Waals surface area contributed by atoms with Crippen molar-refractivity contribution in [2.24, 2.45) is 0 Å². The Bertz CT molecular complexity index is 804. The maximum absolute atomic E-state index is 12.1. The number of hydrogen-bond acceptors (Lipinski definition) is 4. The van der Waals surface area contributed by atoms with Gasteiger partial charge >= 0.3 is 6.03 Å². The van der Waals surface area contributed by atoms with Gasteiger partial charge in [-0.15, -0.1) is 0 Å². The lowest BCUT2D eigenvalue weighted by molar-refractivity contribution is -0.114. The van der Waals surface area contributed by atoms with Crippen molar-refractivity contribution in [1.29, 1.82) is 0 Å². The maximum atomic E-state index is 12.1. The third-order valence-corrected chi connectivity index (χ3v) is 3.59. The molecule has 2 aromatic rings. The topological polar surface area (TPSA) is 109 Å². The highest BCUT2D eigenvalue weighted by Gasteiger charge is 2.06. The second-order valence-electron chi connectivity index (χ2n) is 5.85. The van der Waals surface area contributed by atoms with Crippen LogP contribution in [0.4, 0.5) is 16.2 Å². The van der Waals surface area contributed by atoms with Gasteiger partial charge in [-0.25, -0.2) is 4.79 Å². The fraction of sp³-hybridized carbons (Fsp3) is 0.250. The minimum Gasteiger partial charge on any atom is -0.494 e. The van der Waals surface area contributed by atoms with E-state index in [-0.39, 0.29) is 30.9 Å². The van der Waals surface area contributed by atoms with Gasteiger partial charge in [0.15, 0.2) is 0 Å². The molecule has 28 heavy (non-hydrogen) atoms. The van der Waals surface area contributed by atoms with Crippen LogP contribution >= 0.6 is 0 Å². The summed E-state index contributed by atoms with van der Waals surface area (Å²) >= 11 is 0. The van der Waals surface area contributed by atoms with Crippen LogP contribution in [-0.4, -0.2) is 37.5 Å². The zero-order valence-electron chi connectivity index (χ0n) is 15.9. The maximum Gasteiger partial charge on any atom is 0.319 e. The number of ether oxygens (including phenoxy) is 1. The van der Waals surface area contributed by atoms with Gasteiger partial charge in [0.05, 0.1) is 6.61 Å². The summed E-state index contributed by atoms with van der Waals surface area (Å²) in [6.45, 7) is 4.46. The van der Waals surface area contributed by atoms with Crippen LogP contribution in [0.1, 0.15) is 24.2 Å². The quantitative estimate of drug-likeness (QED) is 0.525. The summed E-state index contributed by atoms with van der Waals surface area (Å²) in [7, 11) is 0.